The highest BCUT2D eigenvalue weighted by molar-refractivity contribution is 9.10. The van der Waals surface area contributed by atoms with Crippen LogP contribution in [0.4, 0.5) is 4.39 Å². The van der Waals surface area contributed by atoms with Crippen LogP contribution in [0.15, 0.2) is 22.7 Å². The highest BCUT2D eigenvalue weighted by Gasteiger charge is 1.99. The number of methoxy groups -OCH3 is 1. The first-order valence-corrected chi connectivity index (χ1v) is 5.53. The van der Waals surface area contributed by atoms with Gasteiger partial charge in [0.2, 0.25) is 0 Å². The van der Waals surface area contributed by atoms with E-state index in [1.807, 2.05) is 6.07 Å². The number of benzene rings is 1. The van der Waals surface area contributed by atoms with Gasteiger partial charge in [-0.1, -0.05) is 15.9 Å². The minimum absolute atomic E-state index is 0.250. The smallest absolute Gasteiger partial charge is 0.124 e. The molecule has 0 heterocycles. The average molecular weight is 277 g/mol. The number of ether oxygens (including phenoxy) is 2. The first-order chi connectivity index (χ1) is 7.22. The fourth-order valence-corrected chi connectivity index (χ4v) is 1.70. The first-order valence-electron chi connectivity index (χ1n) is 4.74. The van der Waals surface area contributed by atoms with E-state index in [1.165, 1.54) is 12.1 Å². The van der Waals surface area contributed by atoms with E-state index in [2.05, 4.69) is 15.9 Å². The van der Waals surface area contributed by atoms with Crippen LogP contribution < -0.4 is 0 Å². The van der Waals surface area contributed by atoms with Crippen LogP contribution in [0.5, 0.6) is 0 Å². The molecule has 0 aliphatic rings. The lowest BCUT2D eigenvalue weighted by Crippen LogP contribution is -1.99. The van der Waals surface area contributed by atoms with Crippen molar-refractivity contribution in [3.63, 3.8) is 0 Å². The molecule has 0 aliphatic carbocycles. The zero-order valence-corrected chi connectivity index (χ0v) is 10.2. The Bertz CT molecular complexity index is 284. The van der Waals surface area contributed by atoms with E-state index in [0.29, 0.717) is 19.8 Å². The van der Waals surface area contributed by atoms with E-state index in [-0.39, 0.29) is 5.82 Å². The van der Waals surface area contributed by atoms with E-state index in [4.69, 9.17) is 9.47 Å². The Morgan fingerprint density at radius 2 is 2.07 bits per heavy atom. The van der Waals surface area contributed by atoms with Crippen molar-refractivity contribution < 1.29 is 13.9 Å². The van der Waals surface area contributed by atoms with Crippen LogP contribution in [0.2, 0.25) is 0 Å². The lowest BCUT2D eigenvalue weighted by molar-refractivity contribution is 0.0927. The molecule has 0 spiro atoms. The predicted octanol–water partition coefficient (Wildman–Crippen LogP) is 3.14. The Labute approximate surface area is 97.5 Å². The SMILES string of the molecule is COCCCOCc1cc(F)cc(Br)c1. The van der Waals surface area contributed by atoms with Gasteiger partial charge in [0.05, 0.1) is 6.61 Å². The minimum Gasteiger partial charge on any atom is -0.385 e. The predicted molar refractivity (Wildman–Crippen MR) is 60.2 cm³/mol. The molecule has 0 aliphatic heterocycles. The van der Waals surface area contributed by atoms with Gasteiger partial charge in [0.1, 0.15) is 5.82 Å². The average Bonchev–Trinajstić information content (AvgIpc) is 2.16. The van der Waals surface area contributed by atoms with Crippen LogP contribution in [0.1, 0.15) is 12.0 Å². The molecular weight excluding hydrogens is 263 g/mol. The van der Waals surface area contributed by atoms with Gasteiger partial charge >= 0.3 is 0 Å². The molecule has 0 N–H and O–H groups in total. The van der Waals surface area contributed by atoms with Crippen LogP contribution in [0.3, 0.4) is 0 Å². The van der Waals surface area contributed by atoms with Crippen LogP contribution in [-0.2, 0) is 16.1 Å². The molecule has 84 valence electrons. The summed E-state index contributed by atoms with van der Waals surface area (Å²) in [4.78, 5) is 0. The maximum Gasteiger partial charge on any atom is 0.124 e. The summed E-state index contributed by atoms with van der Waals surface area (Å²) in [6.07, 6.45) is 0.854. The molecule has 0 saturated carbocycles. The molecule has 0 aromatic heterocycles. The van der Waals surface area contributed by atoms with Crippen molar-refractivity contribution in [1.29, 1.82) is 0 Å². The van der Waals surface area contributed by atoms with Gasteiger partial charge in [-0.25, -0.2) is 4.39 Å². The highest BCUT2D eigenvalue weighted by Crippen LogP contribution is 2.15. The van der Waals surface area contributed by atoms with Crippen LogP contribution in [0.25, 0.3) is 0 Å². The van der Waals surface area contributed by atoms with Crippen LogP contribution in [0, 0.1) is 5.82 Å². The summed E-state index contributed by atoms with van der Waals surface area (Å²) in [6, 6.07) is 4.74. The molecule has 0 bridgehead atoms. The maximum absolute atomic E-state index is 13.0. The maximum atomic E-state index is 13.0. The molecule has 15 heavy (non-hydrogen) atoms. The van der Waals surface area contributed by atoms with Crippen molar-refractivity contribution in [3.8, 4) is 0 Å². The quantitative estimate of drug-likeness (QED) is 0.744. The van der Waals surface area contributed by atoms with Crippen molar-refractivity contribution in [1.82, 2.24) is 0 Å². The van der Waals surface area contributed by atoms with Gasteiger partial charge in [0, 0.05) is 24.8 Å². The zero-order chi connectivity index (χ0) is 11.1. The lowest BCUT2D eigenvalue weighted by atomic mass is 10.2. The number of hydrogen-bond acceptors (Lipinski definition) is 2. The molecule has 0 atom stereocenters. The van der Waals surface area contributed by atoms with Gasteiger partial charge in [0.15, 0.2) is 0 Å². The fourth-order valence-electron chi connectivity index (χ4n) is 1.19. The molecule has 4 heteroatoms. The fraction of sp³-hybridized carbons (Fsp3) is 0.455. The van der Waals surface area contributed by atoms with Crippen molar-refractivity contribution >= 4 is 15.9 Å². The first kappa shape index (κ1) is 12.6. The summed E-state index contributed by atoms with van der Waals surface area (Å²) in [5.41, 5.74) is 0.833. The Hall–Kier alpha value is -0.450. The third-order valence-corrected chi connectivity index (χ3v) is 2.29. The van der Waals surface area contributed by atoms with Gasteiger partial charge in [-0.2, -0.15) is 0 Å². The standard InChI is InChI=1S/C11H14BrFO2/c1-14-3-2-4-15-8-9-5-10(12)7-11(13)6-9/h5-7H,2-4,8H2,1H3. The Morgan fingerprint density at radius 1 is 1.27 bits per heavy atom. The van der Waals surface area contributed by atoms with Crippen molar-refractivity contribution in [2.45, 2.75) is 13.0 Å². The van der Waals surface area contributed by atoms with Gasteiger partial charge in [-0.3, -0.25) is 0 Å². The van der Waals surface area contributed by atoms with E-state index < -0.39 is 0 Å². The third kappa shape index (κ3) is 5.25. The molecule has 2 nitrogen and oxygen atoms in total. The second-order valence-corrected chi connectivity index (χ2v) is 4.09. The summed E-state index contributed by atoms with van der Waals surface area (Å²) in [7, 11) is 1.66. The Morgan fingerprint density at radius 3 is 2.73 bits per heavy atom. The van der Waals surface area contributed by atoms with Crippen molar-refractivity contribution in [2.75, 3.05) is 20.3 Å². The lowest BCUT2D eigenvalue weighted by Gasteiger charge is -2.04. The molecule has 1 aromatic rings. The summed E-state index contributed by atoms with van der Waals surface area (Å²) in [5.74, 6) is -0.250. The zero-order valence-electron chi connectivity index (χ0n) is 8.63. The summed E-state index contributed by atoms with van der Waals surface area (Å²) < 4.78 is 23.9. The summed E-state index contributed by atoms with van der Waals surface area (Å²) in [5, 5.41) is 0. The number of halogens is 2. The van der Waals surface area contributed by atoms with Crippen molar-refractivity contribution in [2.24, 2.45) is 0 Å². The molecule has 0 unspecified atom stereocenters. The Balaban J connectivity index is 2.31. The number of rotatable bonds is 6. The number of hydrogen-bond donors (Lipinski definition) is 0. The molecule has 0 radical (unpaired) electrons. The largest absolute Gasteiger partial charge is 0.385 e. The molecule has 0 amide bonds. The van der Waals surface area contributed by atoms with Gasteiger partial charge in [0.25, 0.3) is 0 Å². The highest BCUT2D eigenvalue weighted by atomic mass is 79.9. The second-order valence-electron chi connectivity index (χ2n) is 3.18. The van der Waals surface area contributed by atoms with Crippen LogP contribution in [-0.4, -0.2) is 20.3 Å². The summed E-state index contributed by atoms with van der Waals surface area (Å²) >= 11 is 3.23. The van der Waals surface area contributed by atoms with Crippen molar-refractivity contribution in [3.05, 3.63) is 34.1 Å². The van der Waals surface area contributed by atoms with Crippen LogP contribution >= 0.6 is 15.9 Å². The monoisotopic (exact) mass is 276 g/mol. The van der Waals surface area contributed by atoms with Gasteiger partial charge in [-0.05, 0) is 30.2 Å². The van der Waals surface area contributed by atoms with Gasteiger partial charge < -0.3 is 9.47 Å². The van der Waals surface area contributed by atoms with E-state index in [0.717, 1.165) is 16.5 Å². The van der Waals surface area contributed by atoms with E-state index >= 15 is 0 Å². The molecule has 0 fully saturated rings. The molecular formula is C11H14BrFO2. The molecule has 0 saturated heterocycles. The topological polar surface area (TPSA) is 18.5 Å². The summed E-state index contributed by atoms with van der Waals surface area (Å²) in [6.45, 7) is 1.74. The van der Waals surface area contributed by atoms with E-state index in [9.17, 15) is 4.39 Å². The normalized spacial score (nSPS) is 10.6. The third-order valence-electron chi connectivity index (χ3n) is 1.83. The second kappa shape index (κ2) is 6.93. The minimum atomic E-state index is -0.250. The van der Waals surface area contributed by atoms with E-state index in [1.54, 1.807) is 7.11 Å². The Kier molecular flexibility index (Phi) is 5.83. The van der Waals surface area contributed by atoms with Gasteiger partial charge in [-0.15, -0.1) is 0 Å². The molecule has 1 aromatic carbocycles. The molecule has 1 rings (SSSR count).